The molecule has 5 heteroatoms. The van der Waals surface area contributed by atoms with Gasteiger partial charge < -0.3 is 9.47 Å². The molecule has 24 heavy (non-hydrogen) atoms. The van der Waals surface area contributed by atoms with Crippen LogP contribution in [0.15, 0.2) is 53.5 Å². The van der Waals surface area contributed by atoms with E-state index in [1.807, 2.05) is 30.3 Å². The molecule has 124 valence electrons. The number of benzene rings is 1. The second-order valence-electron chi connectivity index (χ2n) is 6.41. The summed E-state index contributed by atoms with van der Waals surface area (Å²) in [6, 6.07) is 12.5. The molecule has 0 radical (unpaired) electrons. The van der Waals surface area contributed by atoms with Crippen LogP contribution in [0, 0.1) is 0 Å². The van der Waals surface area contributed by atoms with Crippen molar-refractivity contribution in [2.24, 2.45) is 0 Å². The first-order valence-electron chi connectivity index (χ1n) is 7.99. The lowest BCUT2D eigenvalue weighted by atomic mass is 9.82. The maximum atomic E-state index is 12.7. The zero-order chi connectivity index (χ0) is 17.3. The molecule has 3 rings (SSSR count). The summed E-state index contributed by atoms with van der Waals surface area (Å²) in [5, 5.41) is 0. The number of nitrogens with zero attached hydrogens (tertiary/aromatic N) is 2. The third kappa shape index (κ3) is 2.77. The van der Waals surface area contributed by atoms with Gasteiger partial charge in [-0.1, -0.05) is 30.3 Å². The Bertz CT molecular complexity index is 841. The summed E-state index contributed by atoms with van der Waals surface area (Å²) in [5.74, 6) is -0.222. The van der Waals surface area contributed by atoms with E-state index < -0.39 is 5.54 Å². The molecule has 1 saturated heterocycles. The standard InChI is InChI=1S/C19H20N2O3/c1-14(22)19(2)10-11-21(19)18(24)16-8-9-17(23)20(13-16)12-15-6-4-3-5-7-15/h3-9,13H,10-12H2,1-2H3. The molecule has 2 heterocycles. The smallest absolute Gasteiger partial charge is 0.256 e. The van der Waals surface area contributed by atoms with Crippen molar-refractivity contribution < 1.29 is 9.59 Å². The van der Waals surface area contributed by atoms with Gasteiger partial charge in [-0.3, -0.25) is 14.4 Å². The number of carbonyl (C=O) groups is 2. The Morgan fingerprint density at radius 3 is 2.42 bits per heavy atom. The Morgan fingerprint density at radius 2 is 1.83 bits per heavy atom. The monoisotopic (exact) mass is 324 g/mol. The molecule has 0 spiro atoms. The van der Waals surface area contributed by atoms with Crippen LogP contribution < -0.4 is 5.56 Å². The van der Waals surface area contributed by atoms with Gasteiger partial charge in [0, 0.05) is 18.8 Å². The quantitative estimate of drug-likeness (QED) is 0.865. The number of rotatable bonds is 4. The van der Waals surface area contributed by atoms with E-state index in [0.717, 1.165) is 5.56 Å². The highest BCUT2D eigenvalue weighted by Crippen LogP contribution is 2.32. The highest BCUT2D eigenvalue weighted by atomic mass is 16.2. The van der Waals surface area contributed by atoms with Gasteiger partial charge in [-0.25, -0.2) is 0 Å². The summed E-state index contributed by atoms with van der Waals surface area (Å²) >= 11 is 0. The zero-order valence-electron chi connectivity index (χ0n) is 13.9. The minimum Gasteiger partial charge on any atom is -0.326 e. The van der Waals surface area contributed by atoms with Gasteiger partial charge in [-0.15, -0.1) is 0 Å². The number of Topliss-reactive ketones (excluding diaryl/α,β-unsaturated/α-hetero) is 1. The van der Waals surface area contributed by atoms with Gasteiger partial charge in [0.15, 0.2) is 5.78 Å². The van der Waals surface area contributed by atoms with E-state index >= 15 is 0 Å². The maximum absolute atomic E-state index is 12.7. The molecule has 0 bridgehead atoms. The van der Waals surface area contributed by atoms with Crippen LogP contribution in [0.3, 0.4) is 0 Å². The average molecular weight is 324 g/mol. The van der Waals surface area contributed by atoms with Crippen molar-refractivity contribution >= 4 is 11.7 Å². The normalized spacial score (nSPS) is 19.7. The summed E-state index contributed by atoms with van der Waals surface area (Å²) in [5.41, 5.74) is 0.532. The van der Waals surface area contributed by atoms with Gasteiger partial charge >= 0.3 is 0 Å². The van der Waals surface area contributed by atoms with Crippen LogP contribution in [-0.4, -0.2) is 33.2 Å². The van der Waals surface area contributed by atoms with Crippen LogP contribution in [0.4, 0.5) is 0 Å². The number of carbonyl (C=O) groups excluding carboxylic acids is 2. The second-order valence-corrected chi connectivity index (χ2v) is 6.41. The fourth-order valence-electron chi connectivity index (χ4n) is 2.97. The van der Waals surface area contributed by atoms with E-state index in [4.69, 9.17) is 0 Å². The van der Waals surface area contributed by atoms with E-state index in [9.17, 15) is 14.4 Å². The first-order chi connectivity index (χ1) is 11.4. The summed E-state index contributed by atoms with van der Waals surface area (Å²) in [4.78, 5) is 38.2. The average Bonchev–Trinajstić information content (AvgIpc) is 2.55. The highest BCUT2D eigenvalue weighted by Gasteiger charge is 2.47. The predicted molar refractivity (Wildman–Crippen MR) is 91.0 cm³/mol. The lowest BCUT2D eigenvalue weighted by Gasteiger charge is -2.48. The molecule has 2 aromatic rings. The molecule has 1 aromatic heterocycles. The van der Waals surface area contributed by atoms with E-state index in [1.54, 1.807) is 18.0 Å². The van der Waals surface area contributed by atoms with Crippen LogP contribution >= 0.6 is 0 Å². The molecule has 5 nitrogen and oxygen atoms in total. The number of likely N-dealkylation sites (tertiary alicyclic amines) is 1. The van der Waals surface area contributed by atoms with Crippen molar-refractivity contribution in [2.75, 3.05) is 6.54 Å². The van der Waals surface area contributed by atoms with Crippen molar-refractivity contribution in [2.45, 2.75) is 32.4 Å². The van der Waals surface area contributed by atoms with Gasteiger partial charge in [-0.05, 0) is 31.9 Å². The van der Waals surface area contributed by atoms with Crippen LogP contribution in [-0.2, 0) is 11.3 Å². The molecular weight excluding hydrogens is 304 g/mol. The lowest BCUT2D eigenvalue weighted by Crippen LogP contribution is -2.64. The number of ketones is 1. The number of pyridine rings is 1. The van der Waals surface area contributed by atoms with Crippen molar-refractivity contribution in [1.82, 2.24) is 9.47 Å². The number of amides is 1. The molecule has 1 aliphatic rings. The van der Waals surface area contributed by atoms with Gasteiger partial charge in [0.25, 0.3) is 11.5 Å². The first-order valence-corrected chi connectivity index (χ1v) is 7.99. The number of hydrogen-bond acceptors (Lipinski definition) is 3. The van der Waals surface area contributed by atoms with Gasteiger partial charge in [0.2, 0.25) is 0 Å². The minimum atomic E-state index is -0.725. The van der Waals surface area contributed by atoms with E-state index in [2.05, 4.69) is 0 Å². The molecule has 1 amide bonds. The van der Waals surface area contributed by atoms with Gasteiger partial charge in [0.1, 0.15) is 5.54 Å². The fraction of sp³-hybridized carbons (Fsp3) is 0.316. The Kier molecular flexibility index (Phi) is 4.09. The van der Waals surface area contributed by atoms with Crippen LogP contribution in [0.5, 0.6) is 0 Å². The van der Waals surface area contributed by atoms with E-state index in [-0.39, 0.29) is 17.2 Å². The lowest BCUT2D eigenvalue weighted by molar-refractivity contribution is -0.132. The third-order valence-corrected chi connectivity index (χ3v) is 4.85. The molecule has 1 aliphatic heterocycles. The third-order valence-electron chi connectivity index (χ3n) is 4.85. The molecule has 0 aliphatic carbocycles. The molecule has 1 aromatic carbocycles. The molecule has 1 atom stereocenters. The van der Waals surface area contributed by atoms with E-state index in [0.29, 0.717) is 25.1 Å². The highest BCUT2D eigenvalue weighted by molar-refractivity contribution is 6.00. The van der Waals surface area contributed by atoms with Crippen LogP contribution in [0.25, 0.3) is 0 Å². The molecule has 1 unspecified atom stereocenters. The first kappa shape index (κ1) is 16.2. The maximum Gasteiger partial charge on any atom is 0.256 e. The van der Waals surface area contributed by atoms with Crippen molar-refractivity contribution in [3.8, 4) is 0 Å². The van der Waals surface area contributed by atoms with Crippen molar-refractivity contribution in [3.63, 3.8) is 0 Å². The summed E-state index contributed by atoms with van der Waals surface area (Å²) in [6.07, 6.45) is 2.26. The van der Waals surface area contributed by atoms with Gasteiger partial charge in [-0.2, -0.15) is 0 Å². The number of hydrogen-bond donors (Lipinski definition) is 0. The zero-order valence-corrected chi connectivity index (χ0v) is 13.9. The molecule has 0 saturated carbocycles. The van der Waals surface area contributed by atoms with Crippen molar-refractivity contribution in [3.05, 3.63) is 70.1 Å². The Labute approximate surface area is 140 Å². The van der Waals surface area contributed by atoms with Crippen LogP contribution in [0.2, 0.25) is 0 Å². The predicted octanol–water partition coefficient (Wildman–Crippen LogP) is 2.09. The van der Waals surface area contributed by atoms with Gasteiger partial charge in [0.05, 0.1) is 12.1 Å². The Balaban J connectivity index is 1.87. The summed E-state index contributed by atoms with van der Waals surface area (Å²) in [6.45, 7) is 4.27. The molecule has 0 N–H and O–H groups in total. The summed E-state index contributed by atoms with van der Waals surface area (Å²) in [7, 11) is 0. The topological polar surface area (TPSA) is 59.4 Å². The Hall–Kier alpha value is -2.69. The minimum absolute atomic E-state index is 0.0142. The van der Waals surface area contributed by atoms with Crippen LogP contribution in [0.1, 0.15) is 36.2 Å². The SMILES string of the molecule is CC(=O)C1(C)CCN1C(=O)c1ccc(=O)n(Cc2ccccc2)c1. The fourth-order valence-corrected chi connectivity index (χ4v) is 2.97. The second kappa shape index (κ2) is 6.07. The van der Waals surface area contributed by atoms with Crippen molar-refractivity contribution in [1.29, 1.82) is 0 Å². The number of aromatic nitrogens is 1. The largest absolute Gasteiger partial charge is 0.326 e. The molecule has 1 fully saturated rings. The summed E-state index contributed by atoms with van der Waals surface area (Å²) < 4.78 is 1.52. The molecular formula is C19H20N2O3. The van der Waals surface area contributed by atoms with E-state index in [1.165, 1.54) is 23.6 Å². The Morgan fingerprint density at radius 1 is 1.12 bits per heavy atom.